The molecule has 3 nitrogen and oxygen atoms in total. The summed E-state index contributed by atoms with van der Waals surface area (Å²) in [5, 5.41) is 6.51. The topological polar surface area (TPSA) is 34.1 Å². The number of nitrogens with zero attached hydrogens (tertiary/aromatic N) is 1. The predicted octanol–water partition coefficient (Wildman–Crippen LogP) is 6.60. The van der Waals surface area contributed by atoms with Gasteiger partial charge >= 0.3 is 0 Å². The lowest BCUT2D eigenvalue weighted by atomic mass is 9.58. The van der Waals surface area contributed by atoms with Crippen LogP contribution >= 0.6 is 0 Å². The zero-order valence-corrected chi connectivity index (χ0v) is 20.4. The highest BCUT2D eigenvalue weighted by molar-refractivity contribution is 5.82. The molecule has 0 amide bonds. The number of pyridine rings is 1. The van der Waals surface area contributed by atoms with Crippen LogP contribution in [-0.4, -0.2) is 28.3 Å². The van der Waals surface area contributed by atoms with Crippen molar-refractivity contribution in [1.29, 1.82) is 0 Å². The third-order valence-electron chi connectivity index (χ3n) is 10.8. The molecule has 176 valence electrons. The number of fused-ring (bicyclic) bond motifs is 2. The largest absolute Gasteiger partial charge is 0.359 e. The third kappa shape index (κ3) is 2.69. The summed E-state index contributed by atoms with van der Waals surface area (Å²) in [5.41, 5.74) is 4.87. The fourth-order valence-electron chi connectivity index (χ4n) is 9.00. The molecule has 3 saturated carbocycles. The van der Waals surface area contributed by atoms with Gasteiger partial charge in [0.25, 0.3) is 0 Å². The maximum atomic E-state index is 7.46. The van der Waals surface area contributed by atoms with Gasteiger partial charge in [-0.1, -0.05) is 31.2 Å². The van der Waals surface area contributed by atoms with E-state index in [0.29, 0.717) is 17.9 Å². The molecule has 34 heavy (non-hydrogen) atoms. The van der Waals surface area contributed by atoms with Gasteiger partial charge in [-0.2, -0.15) is 0 Å². The van der Waals surface area contributed by atoms with Crippen LogP contribution in [0.3, 0.4) is 0 Å². The summed E-state index contributed by atoms with van der Waals surface area (Å²) in [6.45, 7) is 2.58. The summed E-state index contributed by atoms with van der Waals surface area (Å²) >= 11 is 0. The van der Waals surface area contributed by atoms with Crippen LogP contribution in [0.15, 0.2) is 60.0 Å². The van der Waals surface area contributed by atoms with Gasteiger partial charge in [-0.3, -0.25) is 4.98 Å². The monoisotopic (exact) mass is 452 g/mol. The first kappa shape index (κ1) is 20.2. The molecular formula is C31H36N2O. The SMILES string of the molecule is C[C@]12CC=C3C=C4CCC(NC5CC5)C[C@]45CC[C@]3(O5)[C@@H]1CC[C@@H]2c1ccc2ccncc2c1. The molecule has 4 fully saturated rings. The third-order valence-corrected chi connectivity index (χ3v) is 10.8. The highest BCUT2D eigenvalue weighted by Crippen LogP contribution is 2.69. The lowest BCUT2D eigenvalue weighted by Gasteiger charge is -2.54. The molecule has 1 saturated heterocycles. The van der Waals surface area contributed by atoms with Gasteiger partial charge in [0.1, 0.15) is 0 Å². The van der Waals surface area contributed by atoms with Gasteiger partial charge in [-0.15, -0.1) is 0 Å². The molecule has 2 bridgehead atoms. The van der Waals surface area contributed by atoms with E-state index in [1.807, 2.05) is 12.4 Å². The standard InChI is InChI=1S/C31H36N2O/c1-29-12-10-24-17-23-4-5-26(33-25-6-7-25)18-30(23)13-14-31(24,34-30)28(29)9-8-27(29)21-3-2-20-11-15-32-19-22(20)16-21/h2-3,10-11,15-17,19,25-28,33H,4-9,12-14,18H2,1H3/t26?,27-,28-,29-,30-,31-/m1/s1. The van der Waals surface area contributed by atoms with Gasteiger partial charge in [0, 0.05) is 29.9 Å². The molecule has 3 heterocycles. The van der Waals surface area contributed by atoms with E-state index in [2.05, 4.69) is 53.6 Å². The van der Waals surface area contributed by atoms with Crippen LogP contribution in [0.25, 0.3) is 10.8 Å². The summed E-state index contributed by atoms with van der Waals surface area (Å²) in [4.78, 5) is 4.39. The fraction of sp³-hybridized carbons (Fsp3) is 0.581. The van der Waals surface area contributed by atoms with E-state index in [4.69, 9.17) is 4.74 Å². The Kier molecular flexibility index (Phi) is 4.06. The lowest BCUT2D eigenvalue weighted by Crippen LogP contribution is -2.55. The predicted molar refractivity (Wildman–Crippen MR) is 136 cm³/mol. The zero-order chi connectivity index (χ0) is 22.5. The van der Waals surface area contributed by atoms with E-state index in [0.717, 1.165) is 6.04 Å². The number of nitrogens with one attached hydrogen (secondary N) is 1. The van der Waals surface area contributed by atoms with Gasteiger partial charge in [-0.05, 0) is 116 Å². The van der Waals surface area contributed by atoms with Gasteiger partial charge in [0.15, 0.2) is 0 Å². The molecule has 2 aromatic rings. The number of allylic oxidation sites excluding steroid dienone is 1. The van der Waals surface area contributed by atoms with E-state index < -0.39 is 0 Å². The molecule has 6 atom stereocenters. The van der Waals surface area contributed by atoms with Crippen LogP contribution < -0.4 is 5.32 Å². The van der Waals surface area contributed by atoms with Crippen LogP contribution in [0.4, 0.5) is 0 Å². The van der Waals surface area contributed by atoms with Crippen LogP contribution in [0.5, 0.6) is 0 Å². The van der Waals surface area contributed by atoms with E-state index in [9.17, 15) is 0 Å². The second kappa shape index (κ2) is 6.83. The Labute approximate surface area is 203 Å². The maximum absolute atomic E-state index is 7.46. The first-order valence-electron chi connectivity index (χ1n) is 13.8. The van der Waals surface area contributed by atoms with Gasteiger partial charge in [-0.25, -0.2) is 0 Å². The smallest absolute Gasteiger partial charge is 0.0974 e. The Morgan fingerprint density at radius 1 is 1.00 bits per heavy atom. The Balaban J connectivity index is 1.15. The van der Waals surface area contributed by atoms with Crippen molar-refractivity contribution in [2.75, 3.05) is 0 Å². The summed E-state index contributed by atoms with van der Waals surface area (Å²) < 4.78 is 7.46. The quantitative estimate of drug-likeness (QED) is 0.570. The number of rotatable bonds is 3. The molecule has 1 aromatic carbocycles. The Hall–Kier alpha value is -1.97. The number of ether oxygens (including phenoxy) is 1. The Morgan fingerprint density at radius 2 is 1.94 bits per heavy atom. The highest BCUT2D eigenvalue weighted by Gasteiger charge is 2.66. The van der Waals surface area contributed by atoms with E-state index in [1.54, 1.807) is 5.57 Å². The van der Waals surface area contributed by atoms with E-state index >= 15 is 0 Å². The Morgan fingerprint density at radius 3 is 2.85 bits per heavy atom. The minimum absolute atomic E-state index is 0.00705. The summed E-state index contributed by atoms with van der Waals surface area (Å²) in [6.07, 6.45) is 21.7. The molecule has 2 aliphatic heterocycles. The van der Waals surface area contributed by atoms with Crippen molar-refractivity contribution in [2.24, 2.45) is 11.3 Å². The molecule has 2 spiro atoms. The number of aromatic nitrogens is 1. The minimum atomic E-state index is -0.0505. The van der Waals surface area contributed by atoms with Crippen LogP contribution in [0, 0.1) is 11.3 Å². The van der Waals surface area contributed by atoms with E-state index in [1.165, 1.54) is 86.1 Å². The normalized spacial score (nSPS) is 42.6. The zero-order valence-electron chi connectivity index (χ0n) is 20.4. The van der Waals surface area contributed by atoms with E-state index in [-0.39, 0.29) is 16.6 Å². The second-order valence-corrected chi connectivity index (χ2v) is 12.6. The van der Waals surface area contributed by atoms with Gasteiger partial charge < -0.3 is 10.1 Å². The summed E-state index contributed by atoms with van der Waals surface area (Å²) in [5.74, 6) is 1.21. The molecule has 8 rings (SSSR count). The van der Waals surface area contributed by atoms with Gasteiger partial charge in [0.2, 0.25) is 0 Å². The first-order valence-corrected chi connectivity index (χ1v) is 13.8. The van der Waals surface area contributed by atoms with Crippen molar-refractivity contribution >= 4 is 10.8 Å². The van der Waals surface area contributed by atoms with Crippen molar-refractivity contribution in [3.63, 3.8) is 0 Å². The van der Waals surface area contributed by atoms with Gasteiger partial charge in [0.05, 0.1) is 11.2 Å². The van der Waals surface area contributed by atoms with Crippen LogP contribution in [0.1, 0.15) is 82.6 Å². The second-order valence-electron chi connectivity index (χ2n) is 12.6. The highest BCUT2D eigenvalue weighted by atomic mass is 16.5. The lowest BCUT2D eigenvalue weighted by molar-refractivity contribution is -0.136. The van der Waals surface area contributed by atoms with Crippen LogP contribution in [-0.2, 0) is 4.74 Å². The van der Waals surface area contributed by atoms with Crippen molar-refractivity contribution in [1.82, 2.24) is 10.3 Å². The molecule has 4 aliphatic carbocycles. The molecule has 1 unspecified atom stereocenters. The average molecular weight is 453 g/mol. The molecule has 0 radical (unpaired) electrons. The molecule has 3 heteroatoms. The number of benzene rings is 1. The average Bonchev–Trinajstić information content (AvgIpc) is 3.52. The minimum Gasteiger partial charge on any atom is -0.359 e. The Bertz CT molecular complexity index is 1240. The number of hydrogen-bond donors (Lipinski definition) is 1. The summed E-state index contributed by atoms with van der Waals surface area (Å²) in [6, 6.07) is 10.7. The molecule has 1 aromatic heterocycles. The van der Waals surface area contributed by atoms with Crippen molar-refractivity contribution in [3.05, 3.63) is 65.5 Å². The van der Waals surface area contributed by atoms with Crippen molar-refractivity contribution in [3.8, 4) is 0 Å². The number of hydrogen-bond acceptors (Lipinski definition) is 3. The molecular weight excluding hydrogens is 416 g/mol. The first-order chi connectivity index (χ1) is 16.6. The fourth-order valence-corrected chi connectivity index (χ4v) is 9.00. The summed E-state index contributed by atoms with van der Waals surface area (Å²) in [7, 11) is 0. The molecule has 6 aliphatic rings. The van der Waals surface area contributed by atoms with Crippen molar-refractivity contribution < 1.29 is 4.74 Å². The van der Waals surface area contributed by atoms with Crippen molar-refractivity contribution in [2.45, 2.75) is 100 Å². The van der Waals surface area contributed by atoms with Crippen LogP contribution in [0.2, 0.25) is 0 Å². The molecule has 1 N–H and O–H groups in total. The maximum Gasteiger partial charge on any atom is 0.0974 e.